The van der Waals surface area contributed by atoms with Crippen LogP contribution in [0.5, 0.6) is 5.75 Å². The van der Waals surface area contributed by atoms with Crippen LogP contribution < -0.4 is 4.74 Å². The summed E-state index contributed by atoms with van der Waals surface area (Å²) < 4.78 is 5.55. The Morgan fingerprint density at radius 2 is 1.43 bits per heavy atom. The van der Waals surface area contributed by atoms with E-state index in [-0.39, 0.29) is 0 Å². The van der Waals surface area contributed by atoms with Gasteiger partial charge in [0.05, 0.1) is 17.2 Å². The minimum Gasteiger partial charge on any atom is -0.423 e. The molecule has 0 bridgehead atoms. The maximum Gasteiger partial charge on any atom is 0.343 e. The van der Waals surface area contributed by atoms with E-state index >= 15 is 0 Å². The van der Waals surface area contributed by atoms with Gasteiger partial charge in [-0.05, 0) is 73.2 Å². The van der Waals surface area contributed by atoms with Crippen LogP contribution in [0.2, 0.25) is 0 Å². The van der Waals surface area contributed by atoms with Crippen molar-refractivity contribution < 1.29 is 9.53 Å². The number of carbonyl (C=O) groups is 1. The molecule has 0 aliphatic carbocycles. The van der Waals surface area contributed by atoms with Crippen molar-refractivity contribution >= 4 is 5.97 Å². The Labute approximate surface area is 221 Å². The molecule has 0 unspecified atom stereocenters. The van der Waals surface area contributed by atoms with Gasteiger partial charge in [0, 0.05) is 18.0 Å². The van der Waals surface area contributed by atoms with Gasteiger partial charge in [-0.2, -0.15) is 5.26 Å². The lowest BCUT2D eigenvalue weighted by molar-refractivity contribution is 0.0734. The van der Waals surface area contributed by atoms with Crippen molar-refractivity contribution in [2.75, 3.05) is 0 Å². The van der Waals surface area contributed by atoms with Gasteiger partial charge in [-0.25, -0.2) is 14.8 Å². The van der Waals surface area contributed by atoms with E-state index in [4.69, 9.17) is 4.74 Å². The van der Waals surface area contributed by atoms with Crippen LogP contribution in [-0.2, 0) is 12.8 Å². The van der Waals surface area contributed by atoms with Gasteiger partial charge < -0.3 is 4.74 Å². The summed E-state index contributed by atoms with van der Waals surface area (Å²) in [4.78, 5) is 21.7. The zero-order valence-corrected chi connectivity index (χ0v) is 22.3. The van der Waals surface area contributed by atoms with Crippen molar-refractivity contribution in [3.63, 3.8) is 0 Å². The lowest BCUT2D eigenvalue weighted by Gasteiger charge is -2.08. The molecule has 2 aromatic carbocycles. The van der Waals surface area contributed by atoms with E-state index in [9.17, 15) is 10.1 Å². The SMILES string of the molecule is CCCCCCCCc1cnc(-c2ccc(OC(=O)c3ccc(CCCCCC)c(C#N)c3)cc2)nc1. The van der Waals surface area contributed by atoms with Crippen LogP contribution in [0.4, 0.5) is 0 Å². The largest absolute Gasteiger partial charge is 0.423 e. The van der Waals surface area contributed by atoms with Gasteiger partial charge in [0.2, 0.25) is 0 Å². The first-order chi connectivity index (χ1) is 18.1. The molecule has 0 saturated carbocycles. The second-order valence-electron chi connectivity index (χ2n) is 9.64. The fraction of sp³-hybridized carbons (Fsp3) is 0.438. The zero-order chi connectivity index (χ0) is 26.3. The van der Waals surface area contributed by atoms with Crippen LogP contribution in [0.1, 0.15) is 105 Å². The molecule has 37 heavy (non-hydrogen) atoms. The topological polar surface area (TPSA) is 75.9 Å². The number of ether oxygens (including phenoxy) is 1. The number of benzene rings is 2. The minimum atomic E-state index is -0.475. The first-order valence-electron chi connectivity index (χ1n) is 13.8. The summed E-state index contributed by atoms with van der Waals surface area (Å²) in [5.41, 5.74) is 3.93. The quantitative estimate of drug-likeness (QED) is 0.120. The van der Waals surface area contributed by atoms with Crippen molar-refractivity contribution in [1.82, 2.24) is 9.97 Å². The molecule has 0 spiro atoms. The molecular weight excluding hydrogens is 458 g/mol. The predicted octanol–water partition coefficient (Wildman–Crippen LogP) is 8.26. The molecule has 194 valence electrons. The van der Waals surface area contributed by atoms with Crippen LogP contribution in [0.15, 0.2) is 54.9 Å². The molecule has 0 aliphatic heterocycles. The van der Waals surface area contributed by atoms with Crippen molar-refractivity contribution in [3.8, 4) is 23.2 Å². The first-order valence-corrected chi connectivity index (χ1v) is 13.8. The van der Waals surface area contributed by atoms with Gasteiger partial charge in [-0.1, -0.05) is 71.3 Å². The third kappa shape index (κ3) is 9.13. The van der Waals surface area contributed by atoms with E-state index in [1.165, 1.54) is 51.4 Å². The Kier molecular flexibility index (Phi) is 11.8. The van der Waals surface area contributed by atoms with Crippen LogP contribution >= 0.6 is 0 Å². The summed E-state index contributed by atoms with van der Waals surface area (Å²) in [6.07, 6.45) is 17.9. The van der Waals surface area contributed by atoms with E-state index in [0.29, 0.717) is 22.7 Å². The average Bonchev–Trinajstić information content (AvgIpc) is 2.94. The highest BCUT2D eigenvalue weighted by molar-refractivity contribution is 5.91. The van der Waals surface area contributed by atoms with E-state index in [0.717, 1.165) is 42.4 Å². The number of nitrogens with zero attached hydrogens (tertiary/aromatic N) is 3. The molecule has 0 saturated heterocycles. The molecule has 5 heteroatoms. The molecule has 0 radical (unpaired) electrons. The minimum absolute atomic E-state index is 0.377. The number of esters is 1. The average molecular weight is 498 g/mol. The Bertz CT molecular complexity index is 1150. The number of nitriles is 1. The van der Waals surface area contributed by atoms with Gasteiger partial charge in [-0.3, -0.25) is 0 Å². The van der Waals surface area contributed by atoms with Gasteiger partial charge in [-0.15, -0.1) is 0 Å². The van der Waals surface area contributed by atoms with Crippen molar-refractivity contribution in [2.45, 2.75) is 90.9 Å². The molecule has 3 rings (SSSR count). The molecule has 1 heterocycles. The molecule has 5 nitrogen and oxygen atoms in total. The van der Waals surface area contributed by atoms with Crippen LogP contribution in [-0.4, -0.2) is 15.9 Å². The number of aromatic nitrogens is 2. The number of carbonyl (C=O) groups excluding carboxylic acids is 1. The molecule has 1 aromatic heterocycles. The lowest BCUT2D eigenvalue weighted by atomic mass is 9.99. The Hall–Kier alpha value is -3.52. The fourth-order valence-corrected chi connectivity index (χ4v) is 4.35. The van der Waals surface area contributed by atoms with E-state index < -0.39 is 5.97 Å². The number of hydrogen-bond donors (Lipinski definition) is 0. The van der Waals surface area contributed by atoms with Crippen molar-refractivity contribution in [1.29, 1.82) is 5.26 Å². The second kappa shape index (κ2) is 15.6. The van der Waals surface area contributed by atoms with Gasteiger partial charge in [0.1, 0.15) is 5.75 Å². The molecule has 3 aromatic rings. The van der Waals surface area contributed by atoms with Crippen molar-refractivity contribution in [3.05, 3.63) is 77.1 Å². The predicted molar refractivity (Wildman–Crippen MR) is 149 cm³/mol. The Morgan fingerprint density at radius 1 is 0.811 bits per heavy atom. The highest BCUT2D eigenvalue weighted by Gasteiger charge is 2.13. The standard InChI is InChI=1S/C32H39N3O2/c1-3-5-7-9-10-11-13-25-23-34-31(35-24-25)27-17-19-30(20-18-27)37-32(36)28-16-15-26(29(21-28)22-33)14-12-8-6-4-2/h15-21,23-24H,3-14H2,1-2H3. The molecule has 0 aliphatic rings. The second-order valence-corrected chi connectivity index (χ2v) is 9.64. The maximum atomic E-state index is 12.7. The third-order valence-electron chi connectivity index (χ3n) is 6.61. The molecule has 0 amide bonds. The van der Waals surface area contributed by atoms with Crippen LogP contribution in [0.25, 0.3) is 11.4 Å². The van der Waals surface area contributed by atoms with E-state index in [1.54, 1.807) is 24.3 Å². The van der Waals surface area contributed by atoms with Crippen LogP contribution in [0, 0.1) is 11.3 Å². The fourth-order valence-electron chi connectivity index (χ4n) is 4.35. The molecule has 0 atom stereocenters. The Morgan fingerprint density at radius 3 is 2.11 bits per heavy atom. The highest BCUT2D eigenvalue weighted by atomic mass is 16.5. The zero-order valence-electron chi connectivity index (χ0n) is 22.3. The number of unbranched alkanes of at least 4 members (excludes halogenated alkanes) is 8. The number of rotatable bonds is 15. The summed E-state index contributed by atoms with van der Waals surface area (Å²) in [6, 6.07) is 14.7. The normalized spacial score (nSPS) is 10.7. The summed E-state index contributed by atoms with van der Waals surface area (Å²) in [5.74, 6) is 0.616. The van der Waals surface area contributed by atoms with Crippen LogP contribution in [0.3, 0.4) is 0 Å². The summed E-state index contributed by atoms with van der Waals surface area (Å²) in [5, 5.41) is 9.54. The highest BCUT2D eigenvalue weighted by Crippen LogP contribution is 2.22. The molecule has 0 N–H and O–H groups in total. The molecule has 0 fully saturated rings. The lowest BCUT2D eigenvalue weighted by Crippen LogP contribution is -2.09. The smallest absolute Gasteiger partial charge is 0.343 e. The van der Waals surface area contributed by atoms with Gasteiger partial charge >= 0.3 is 5.97 Å². The molecular formula is C32H39N3O2. The third-order valence-corrected chi connectivity index (χ3v) is 6.61. The summed E-state index contributed by atoms with van der Waals surface area (Å²) in [7, 11) is 0. The first kappa shape index (κ1) is 28.1. The summed E-state index contributed by atoms with van der Waals surface area (Å²) in [6.45, 7) is 4.41. The summed E-state index contributed by atoms with van der Waals surface area (Å²) >= 11 is 0. The monoisotopic (exact) mass is 497 g/mol. The van der Waals surface area contributed by atoms with Gasteiger partial charge in [0.25, 0.3) is 0 Å². The van der Waals surface area contributed by atoms with Gasteiger partial charge in [0.15, 0.2) is 5.82 Å². The van der Waals surface area contributed by atoms with Crippen molar-refractivity contribution in [2.24, 2.45) is 0 Å². The number of hydrogen-bond acceptors (Lipinski definition) is 5. The maximum absolute atomic E-state index is 12.7. The number of aryl methyl sites for hydroxylation is 2. The van der Waals surface area contributed by atoms with E-state index in [2.05, 4.69) is 29.9 Å². The Balaban J connectivity index is 1.53. The van der Waals surface area contributed by atoms with E-state index in [1.807, 2.05) is 30.6 Å².